The number of benzene rings is 2. The molecule has 0 aliphatic rings. The fraction of sp³-hybridized carbons (Fsp3) is 0.250. The highest BCUT2D eigenvalue weighted by Crippen LogP contribution is 2.28. The average Bonchev–Trinajstić information content (AvgIpc) is 2.44. The normalized spacial score (nSPS) is 10.5. The topological polar surface area (TPSA) is 52.4 Å². The van der Waals surface area contributed by atoms with Gasteiger partial charge < -0.3 is 4.74 Å². The van der Waals surface area contributed by atoms with Gasteiger partial charge in [0.15, 0.2) is 0 Å². The summed E-state index contributed by atoms with van der Waals surface area (Å²) in [5, 5.41) is 10.7. The zero-order chi connectivity index (χ0) is 15.6. The van der Waals surface area contributed by atoms with E-state index in [1.54, 1.807) is 0 Å². The zero-order valence-electron chi connectivity index (χ0n) is 12.1. The van der Waals surface area contributed by atoms with E-state index < -0.39 is 16.4 Å². The Balaban J connectivity index is 2.27. The predicted octanol–water partition coefficient (Wildman–Crippen LogP) is 4.24. The van der Waals surface area contributed by atoms with Crippen LogP contribution in [0.3, 0.4) is 0 Å². The first-order chi connectivity index (χ1) is 9.91. The van der Waals surface area contributed by atoms with Gasteiger partial charge in [0.2, 0.25) is 5.82 Å². The van der Waals surface area contributed by atoms with Gasteiger partial charge in [0.1, 0.15) is 12.4 Å². The van der Waals surface area contributed by atoms with Crippen LogP contribution in [0.1, 0.15) is 22.3 Å². The van der Waals surface area contributed by atoms with Crippen LogP contribution < -0.4 is 4.74 Å². The van der Waals surface area contributed by atoms with Gasteiger partial charge in [0.25, 0.3) is 0 Å². The van der Waals surface area contributed by atoms with Crippen molar-refractivity contribution in [3.8, 4) is 5.75 Å². The molecule has 5 heteroatoms. The zero-order valence-corrected chi connectivity index (χ0v) is 12.1. The minimum atomic E-state index is -0.842. The summed E-state index contributed by atoms with van der Waals surface area (Å²) in [6.07, 6.45) is 0. The van der Waals surface area contributed by atoms with Crippen LogP contribution in [0.2, 0.25) is 0 Å². The van der Waals surface area contributed by atoms with Crippen molar-refractivity contribution >= 4 is 5.69 Å². The van der Waals surface area contributed by atoms with E-state index in [4.69, 9.17) is 4.74 Å². The van der Waals surface area contributed by atoms with E-state index in [1.165, 1.54) is 12.1 Å². The van der Waals surface area contributed by atoms with E-state index >= 15 is 0 Å². The molecular weight excluding hydrogens is 273 g/mol. The Morgan fingerprint density at radius 2 is 1.81 bits per heavy atom. The monoisotopic (exact) mass is 289 g/mol. The Labute approximate surface area is 122 Å². The molecule has 2 rings (SSSR count). The number of ether oxygens (including phenoxy) is 1. The number of aryl methyl sites for hydroxylation is 2. The maximum absolute atomic E-state index is 14.0. The van der Waals surface area contributed by atoms with E-state index in [0.29, 0.717) is 5.75 Å². The molecule has 0 unspecified atom stereocenters. The highest BCUT2D eigenvalue weighted by Gasteiger charge is 2.18. The highest BCUT2D eigenvalue weighted by molar-refractivity contribution is 5.45. The Bertz CT molecular complexity index is 698. The van der Waals surface area contributed by atoms with Crippen molar-refractivity contribution in [1.29, 1.82) is 0 Å². The molecule has 0 amide bonds. The predicted molar refractivity (Wildman–Crippen MR) is 78.0 cm³/mol. The standard InChI is InChI=1S/C16H16FNO3/c1-10-7-8-11(2)16(12(10)3)21-9-13-5-4-6-14(15(13)17)18(19)20/h4-8H,9H2,1-3H3. The number of hydrogen-bond donors (Lipinski definition) is 0. The molecule has 0 saturated heterocycles. The fourth-order valence-corrected chi connectivity index (χ4v) is 2.12. The van der Waals surface area contributed by atoms with Gasteiger partial charge in [-0.3, -0.25) is 10.1 Å². The second-order valence-corrected chi connectivity index (χ2v) is 4.95. The lowest BCUT2D eigenvalue weighted by atomic mass is 10.1. The van der Waals surface area contributed by atoms with Crippen LogP contribution in [0.15, 0.2) is 30.3 Å². The highest BCUT2D eigenvalue weighted by atomic mass is 19.1. The molecule has 0 fully saturated rings. The summed E-state index contributed by atoms with van der Waals surface area (Å²) >= 11 is 0. The third-order valence-electron chi connectivity index (χ3n) is 3.50. The Hall–Kier alpha value is -2.43. The van der Waals surface area contributed by atoms with E-state index in [9.17, 15) is 14.5 Å². The first-order valence-corrected chi connectivity index (χ1v) is 6.53. The molecule has 0 heterocycles. The van der Waals surface area contributed by atoms with Crippen LogP contribution in [0.4, 0.5) is 10.1 Å². The van der Waals surface area contributed by atoms with Gasteiger partial charge in [-0.15, -0.1) is 0 Å². The van der Waals surface area contributed by atoms with Gasteiger partial charge in [-0.05, 0) is 37.5 Å². The van der Waals surface area contributed by atoms with Crippen LogP contribution in [0.5, 0.6) is 5.75 Å². The van der Waals surface area contributed by atoms with Crippen LogP contribution in [-0.2, 0) is 6.61 Å². The summed E-state index contributed by atoms with van der Waals surface area (Å²) in [7, 11) is 0. The molecule has 2 aromatic rings. The number of hydrogen-bond acceptors (Lipinski definition) is 3. The molecule has 0 atom stereocenters. The Kier molecular flexibility index (Phi) is 4.21. The maximum atomic E-state index is 14.0. The van der Waals surface area contributed by atoms with E-state index in [0.717, 1.165) is 22.8 Å². The van der Waals surface area contributed by atoms with Gasteiger partial charge in [-0.1, -0.05) is 24.3 Å². The van der Waals surface area contributed by atoms with Crippen molar-refractivity contribution in [2.75, 3.05) is 0 Å². The smallest absolute Gasteiger partial charge is 0.305 e. The summed E-state index contributed by atoms with van der Waals surface area (Å²) in [4.78, 5) is 9.99. The lowest BCUT2D eigenvalue weighted by Crippen LogP contribution is -2.04. The number of nitrogens with zero attached hydrogens (tertiary/aromatic N) is 1. The molecule has 0 N–H and O–H groups in total. The van der Waals surface area contributed by atoms with Gasteiger partial charge in [-0.2, -0.15) is 4.39 Å². The van der Waals surface area contributed by atoms with Crippen molar-refractivity contribution in [3.63, 3.8) is 0 Å². The van der Waals surface area contributed by atoms with Crippen molar-refractivity contribution in [2.24, 2.45) is 0 Å². The SMILES string of the molecule is Cc1ccc(C)c(OCc2cccc([N+](=O)[O-])c2F)c1C. The largest absolute Gasteiger partial charge is 0.488 e. The van der Waals surface area contributed by atoms with Crippen molar-refractivity contribution in [1.82, 2.24) is 0 Å². The molecule has 21 heavy (non-hydrogen) atoms. The number of nitro benzene ring substituents is 1. The van der Waals surface area contributed by atoms with Gasteiger partial charge in [-0.25, -0.2) is 0 Å². The Morgan fingerprint density at radius 3 is 2.48 bits per heavy atom. The number of halogens is 1. The third kappa shape index (κ3) is 3.02. The second kappa shape index (κ2) is 5.91. The van der Waals surface area contributed by atoms with E-state index in [2.05, 4.69) is 0 Å². The van der Waals surface area contributed by atoms with Crippen molar-refractivity contribution in [2.45, 2.75) is 27.4 Å². The van der Waals surface area contributed by atoms with Gasteiger partial charge in [0, 0.05) is 11.6 Å². The lowest BCUT2D eigenvalue weighted by Gasteiger charge is -2.14. The first kappa shape index (κ1) is 15.0. The minimum absolute atomic E-state index is 0.0430. The average molecular weight is 289 g/mol. The summed E-state index contributed by atoms with van der Waals surface area (Å²) < 4.78 is 19.7. The third-order valence-corrected chi connectivity index (χ3v) is 3.50. The minimum Gasteiger partial charge on any atom is -0.488 e. The van der Waals surface area contributed by atoms with Crippen LogP contribution in [0.25, 0.3) is 0 Å². The number of rotatable bonds is 4. The number of nitro groups is 1. The molecule has 0 spiro atoms. The molecule has 110 valence electrons. The maximum Gasteiger partial charge on any atom is 0.305 e. The van der Waals surface area contributed by atoms with Crippen molar-refractivity contribution < 1.29 is 14.1 Å². The molecule has 4 nitrogen and oxygen atoms in total. The fourth-order valence-electron chi connectivity index (χ4n) is 2.12. The first-order valence-electron chi connectivity index (χ1n) is 6.53. The lowest BCUT2D eigenvalue weighted by molar-refractivity contribution is -0.387. The molecule has 0 radical (unpaired) electrons. The van der Waals surface area contributed by atoms with Crippen LogP contribution >= 0.6 is 0 Å². The molecule has 0 saturated carbocycles. The van der Waals surface area contributed by atoms with Gasteiger partial charge in [0.05, 0.1) is 4.92 Å². The second-order valence-electron chi connectivity index (χ2n) is 4.95. The Morgan fingerprint density at radius 1 is 1.14 bits per heavy atom. The summed E-state index contributed by atoms with van der Waals surface area (Å²) in [5.41, 5.74) is 2.65. The quantitative estimate of drug-likeness (QED) is 0.625. The molecule has 0 aliphatic carbocycles. The molecule has 2 aromatic carbocycles. The van der Waals surface area contributed by atoms with E-state index in [1.807, 2.05) is 32.9 Å². The summed E-state index contributed by atoms with van der Waals surface area (Å²) in [5.74, 6) is -0.147. The summed E-state index contributed by atoms with van der Waals surface area (Å²) in [6.45, 7) is 5.77. The van der Waals surface area contributed by atoms with Gasteiger partial charge >= 0.3 is 5.69 Å². The van der Waals surface area contributed by atoms with Crippen LogP contribution in [0, 0.1) is 36.7 Å². The molecular formula is C16H16FNO3. The summed E-state index contributed by atoms with van der Waals surface area (Å²) in [6, 6.07) is 8.01. The van der Waals surface area contributed by atoms with Crippen molar-refractivity contribution in [3.05, 3.63) is 68.5 Å². The molecule has 0 bridgehead atoms. The van der Waals surface area contributed by atoms with Crippen LogP contribution in [-0.4, -0.2) is 4.92 Å². The van der Waals surface area contributed by atoms with E-state index in [-0.39, 0.29) is 12.2 Å². The molecule has 0 aromatic heterocycles. The molecule has 0 aliphatic heterocycles.